The van der Waals surface area contributed by atoms with Gasteiger partial charge >= 0.3 is 6.03 Å². The highest BCUT2D eigenvalue weighted by atomic mass is 16.5. The number of amides is 4. The molecule has 2 heterocycles. The van der Waals surface area contributed by atoms with Crippen molar-refractivity contribution in [3.8, 4) is 5.75 Å². The van der Waals surface area contributed by atoms with Gasteiger partial charge in [-0.05, 0) is 25.0 Å². The van der Waals surface area contributed by atoms with Crippen LogP contribution >= 0.6 is 0 Å². The molecule has 1 fully saturated rings. The van der Waals surface area contributed by atoms with Crippen molar-refractivity contribution in [2.45, 2.75) is 18.9 Å². The van der Waals surface area contributed by atoms with E-state index in [4.69, 9.17) is 4.74 Å². The van der Waals surface area contributed by atoms with Gasteiger partial charge in [0, 0.05) is 20.6 Å². The van der Waals surface area contributed by atoms with Crippen molar-refractivity contribution in [1.82, 2.24) is 9.80 Å². The number of para-hydroxylation sites is 1. The molecule has 0 aromatic heterocycles. The van der Waals surface area contributed by atoms with Crippen molar-refractivity contribution in [3.63, 3.8) is 0 Å². The molecule has 1 aromatic rings. The van der Waals surface area contributed by atoms with Crippen LogP contribution in [-0.2, 0) is 9.59 Å². The molecule has 1 unspecified atom stereocenters. The van der Waals surface area contributed by atoms with Crippen molar-refractivity contribution in [2.24, 2.45) is 0 Å². The van der Waals surface area contributed by atoms with Gasteiger partial charge in [-0.2, -0.15) is 0 Å². The normalized spacial score (nSPS) is 19.2. The van der Waals surface area contributed by atoms with Crippen LogP contribution in [0.3, 0.4) is 0 Å². The molecule has 1 saturated heterocycles. The van der Waals surface area contributed by atoms with Gasteiger partial charge in [0.25, 0.3) is 5.91 Å². The number of anilines is 2. The number of benzene rings is 1. The lowest BCUT2D eigenvalue weighted by molar-refractivity contribution is -0.132. The second-order valence-corrected chi connectivity index (χ2v) is 6.03. The molecule has 1 atom stereocenters. The van der Waals surface area contributed by atoms with Gasteiger partial charge in [-0.25, -0.2) is 4.79 Å². The van der Waals surface area contributed by atoms with E-state index in [-0.39, 0.29) is 24.5 Å². The third kappa shape index (κ3) is 2.99. The lowest BCUT2D eigenvalue weighted by atomic mass is 10.2. The Labute approximate surface area is 139 Å². The number of ether oxygens (including phenoxy) is 1. The molecule has 0 saturated carbocycles. The van der Waals surface area contributed by atoms with Crippen molar-refractivity contribution in [1.29, 1.82) is 0 Å². The Morgan fingerprint density at radius 3 is 2.92 bits per heavy atom. The molecule has 0 radical (unpaired) electrons. The predicted molar refractivity (Wildman–Crippen MR) is 88.0 cm³/mol. The number of nitrogens with zero attached hydrogens (tertiary/aromatic N) is 2. The highest BCUT2D eigenvalue weighted by Crippen LogP contribution is 2.35. The number of carbonyl (C=O) groups is 3. The summed E-state index contributed by atoms with van der Waals surface area (Å²) >= 11 is 0. The minimum absolute atomic E-state index is 0.0457. The smallest absolute Gasteiger partial charge is 0.322 e. The fourth-order valence-electron chi connectivity index (χ4n) is 2.95. The Kier molecular flexibility index (Phi) is 4.28. The molecule has 3 rings (SSSR count). The van der Waals surface area contributed by atoms with E-state index in [2.05, 4.69) is 10.6 Å². The molecule has 0 aliphatic carbocycles. The fourth-order valence-corrected chi connectivity index (χ4v) is 2.95. The van der Waals surface area contributed by atoms with E-state index in [0.29, 0.717) is 30.1 Å². The summed E-state index contributed by atoms with van der Waals surface area (Å²) in [6.07, 6.45) is 1.43. The van der Waals surface area contributed by atoms with E-state index >= 15 is 0 Å². The largest absolute Gasteiger partial charge is 0.481 e. The first kappa shape index (κ1) is 16.1. The van der Waals surface area contributed by atoms with Gasteiger partial charge in [0.05, 0.1) is 5.69 Å². The molecule has 24 heavy (non-hydrogen) atoms. The summed E-state index contributed by atoms with van der Waals surface area (Å²) in [5.74, 6) is 0.148. The maximum atomic E-state index is 12.6. The predicted octanol–water partition coefficient (Wildman–Crippen LogP) is 1.10. The second-order valence-electron chi connectivity index (χ2n) is 6.03. The minimum atomic E-state index is -0.453. The number of rotatable bonds is 2. The fraction of sp³-hybridized carbons (Fsp3) is 0.438. The standard InChI is InChI=1S/C16H20N4O4/c1-19(2)15(22)11-6-4-8-20(11)16(23)17-10-5-3-7-12-14(10)18-13(21)9-24-12/h3,5,7,11H,4,6,8-9H2,1-2H3,(H,17,23)(H,18,21). The number of nitrogens with one attached hydrogen (secondary N) is 2. The van der Waals surface area contributed by atoms with Crippen LogP contribution in [0.5, 0.6) is 5.75 Å². The van der Waals surface area contributed by atoms with Crippen molar-refractivity contribution >= 4 is 29.2 Å². The maximum Gasteiger partial charge on any atom is 0.322 e. The highest BCUT2D eigenvalue weighted by molar-refractivity contribution is 6.03. The maximum absolute atomic E-state index is 12.6. The molecule has 2 aliphatic heterocycles. The Morgan fingerprint density at radius 1 is 1.38 bits per heavy atom. The average molecular weight is 332 g/mol. The molecular formula is C16H20N4O4. The molecule has 0 spiro atoms. The van der Waals surface area contributed by atoms with Crippen LogP contribution in [-0.4, -0.2) is 60.9 Å². The second kappa shape index (κ2) is 6.38. The topological polar surface area (TPSA) is 91.0 Å². The molecule has 1 aromatic carbocycles. The minimum Gasteiger partial charge on any atom is -0.481 e. The van der Waals surface area contributed by atoms with Gasteiger partial charge in [-0.3, -0.25) is 9.59 Å². The zero-order chi connectivity index (χ0) is 17.3. The number of likely N-dealkylation sites (tertiary alicyclic amines) is 1. The molecule has 2 aliphatic rings. The summed E-state index contributed by atoms with van der Waals surface area (Å²) in [7, 11) is 3.36. The lowest BCUT2D eigenvalue weighted by Crippen LogP contribution is -2.47. The van der Waals surface area contributed by atoms with Crippen LogP contribution < -0.4 is 15.4 Å². The SMILES string of the molecule is CN(C)C(=O)C1CCCN1C(=O)Nc1cccc2c1NC(=O)CO2. The van der Waals surface area contributed by atoms with E-state index in [0.717, 1.165) is 6.42 Å². The zero-order valence-corrected chi connectivity index (χ0v) is 13.7. The van der Waals surface area contributed by atoms with E-state index in [1.807, 2.05) is 0 Å². The quantitative estimate of drug-likeness (QED) is 0.848. The number of hydrogen-bond acceptors (Lipinski definition) is 4. The molecular weight excluding hydrogens is 312 g/mol. The Bertz CT molecular complexity index is 689. The number of likely N-dealkylation sites (N-methyl/N-ethyl adjacent to an activating group) is 1. The number of hydrogen-bond donors (Lipinski definition) is 2. The molecule has 128 valence electrons. The molecule has 8 nitrogen and oxygen atoms in total. The summed E-state index contributed by atoms with van der Waals surface area (Å²) in [5, 5.41) is 5.48. The van der Waals surface area contributed by atoms with Crippen LogP contribution in [0.2, 0.25) is 0 Å². The summed E-state index contributed by atoms with van der Waals surface area (Å²) in [6.45, 7) is 0.476. The van der Waals surface area contributed by atoms with E-state index in [9.17, 15) is 14.4 Å². The third-order valence-electron chi connectivity index (χ3n) is 4.13. The van der Waals surface area contributed by atoms with E-state index < -0.39 is 6.04 Å². The highest BCUT2D eigenvalue weighted by Gasteiger charge is 2.35. The lowest BCUT2D eigenvalue weighted by Gasteiger charge is -2.27. The van der Waals surface area contributed by atoms with Gasteiger partial charge < -0.3 is 25.2 Å². The summed E-state index contributed by atoms with van der Waals surface area (Å²) in [4.78, 5) is 39.4. The van der Waals surface area contributed by atoms with Gasteiger partial charge in [0.2, 0.25) is 5.91 Å². The first-order valence-corrected chi connectivity index (χ1v) is 7.82. The van der Waals surface area contributed by atoms with Crippen LogP contribution in [0.1, 0.15) is 12.8 Å². The molecule has 2 N–H and O–H groups in total. The number of carbonyl (C=O) groups excluding carboxylic acids is 3. The molecule has 4 amide bonds. The Balaban J connectivity index is 1.78. The number of fused-ring (bicyclic) bond motifs is 1. The van der Waals surface area contributed by atoms with Gasteiger partial charge in [-0.15, -0.1) is 0 Å². The summed E-state index contributed by atoms with van der Waals surface area (Å²) in [5.41, 5.74) is 0.894. The molecule has 0 bridgehead atoms. The van der Waals surface area contributed by atoms with Crippen LogP contribution in [0.25, 0.3) is 0 Å². The van der Waals surface area contributed by atoms with Crippen LogP contribution in [0, 0.1) is 0 Å². The summed E-state index contributed by atoms with van der Waals surface area (Å²) < 4.78 is 5.34. The van der Waals surface area contributed by atoms with Crippen molar-refractivity contribution < 1.29 is 19.1 Å². The average Bonchev–Trinajstić information content (AvgIpc) is 3.04. The number of urea groups is 1. The Hall–Kier alpha value is -2.77. The van der Waals surface area contributed by atoms with Gasteiger partial charge in [0.15, 0.2) is 6.61 Å². The van der Waals surface area contributed by atoms with Gasteiger partial charge in [-0.1, -0.05) is 6.07 Å². The van der Waals surface area contributed by atoms with Gasteiger partial charge in [0.1, 0.15) is 17.5 Å². The first-order valence-electron chi connectivity index (χ1n) is 7.82. The van der Waals surface area contributed by atoms with Crippen molar-refractivity contribution in [2.75, 3.05) is 37.9 Å². The zero-order valence-electron chi connectivity index (χ0n) is 13.7. The van der Waals surface area contributed by atoms with Crippen molar-refractivity contribution in [3.05, 3.63) is 18.2 Å². The van der Waals surface area contributed by atoms with E-state index in [1.54, 1.807) is 32.3 Å². The molecule has 8 heteroatoms. The van der Waals surface area contributed by atoms with E-state index in [1.165, 1.54) is 9.80 Å². The van der Waals surface area contributed by atoms with Crippen LogP contribution in [0.15, 0.2) is 18.2 Å². The van der Waals surface area contributed by atoms with Crippen LogP contribution in [0.4, 0.5) is 16.2 Å². The monoisotopic (exact) mass is 332 g/mol. The Morgan fingerprint density at radius 2 is 2.17 bits per heavy atom. The summed E-state index contributed by atoms with van der Waals surface area (Å²) in [6, 6.07) is 4.33. The third-order valence-corrected chi connectivity index (χ3v) is 4.13. The first-order chi connectivity index (χ1) is 11.5.